The van der Waals surface area contributed by atoms with E-state index in [0.29, 0.717) is 12.1 Å². The summed E-state index contributed by atoms with van der Waals surface area (Å²) in [6, 6.07) is 21.1. The zero-order valence-electron chi connectivity index (χ0n) is 15.2. The Morgan fingerprint density at radius 3 is 2.56 bits per heavy atom. The monoisotopic (exact) mass is 379 g/mol. The van der Waals surface area contributed by atoms with Gasteiger partial charge in [0, 0.05) is 30.0 Å². The molecule has 0 atom stereocenters. The lowest BCUT2D eigenvalue weighted by Gasteiger charge is -2.21. The van der Waals surface area contributed by atoms with Gasteiger partial charge in [0.2, 0.25) is 0 Å². The maximum absolute atomic E-state index is 12.8. The molecule has 3 aromatic rings. The number of nitrogens with zero attached hydrogens (tertiary/aromatic N) is 2. The molecule has 0 spiro atoms. The quantitative estimate of drug-likeness (QED) is 0.624. The summed E-state index contributed by atoms with van der Waals surface area (Å²) < 4.78 is 0. The third kappa shape index (κ3) is 5.08. The number of nitrogens with one attached hydrogen (secondary N) is 1. The number of carbonyl (C=O) groups excluding carboxylic acids is 1. The summed E-state index contributed by atoms with van der Waals surface area (Å²) in [5, 5.41) is 4.02. The normalized spacial score (nSPS) is 10.4. The first kappa shape index (κ1) is 18.9. The highest BCUT2D eigenvalue weighted by Crippen LogP contribution is 2.17. The summed E-state index contributed by atoms with van der Waals surface area (Å²) in [5.41, 5.74) is 2.62. The van der Waals surface area contributed by atoms with Gasteiger partial charge in [0.05, 0.1) is 5.56 Å². The van der Waals surface area contributed by atoms with E-state index in [-0.39, 0.29) is 5.91 Å². The maximum atomic E-state index is 12.8. The highest BCUT2D eigenvalue weighted by atomic mass is 35.5. The van der Waals surface area contributed by atoms with E-state index in [4.69, 9.17) is 11.6 Å². The number of aromatic nitrogens is 1. The Morgan fingerprint density at radius 1 is 1.07 bits per heavy atom. The van der Waals surface area contributed by atoms with Gasteiger partial charge in [0.15, 0.2) is 0 Å². The first-order valence-corrected chi connectivity index (χ1v) is 9.36. The van der Waals surface area contributed by atoms with Crippen molar-refractivity contribution >= 4 is 29.0 Å². The molecule has 1 N–H and O–H groups in total. The van der Waals surface area contributed by atoms with Crippen LogP contribution >= 0.6 is 11.6 Å². The van der Waals surface area contributed by atoms with Crippen LogP contribution < -0.4 is 10.2 Å². The molecule has 0 unspecified atom stereocenters. The molecule has 0 aliphatic rings. The molecule has 0 fully saturated rings. The molecule has 4 nitrogen and oxygen atoms in total. The van der Waals surface area contributed by atoms with Crippen LogP contribution in [0.25, 0.3) is 0 Å². The second-order valence-electron chi connectivity index (χ2n) is 6.12. The van der Waals surface area contributed by atoms with Crippen molar-refractivity contribution in [1.82, 2.24) is 4.98 Å². The molecule has 0 saturated heterocycles. The summed E-state index contributed by atoms with van der Waals surface area (Å²) in [7, 11) is 0. The molecule has 1 aromatic heterocycles. The van der Waals surface area contributed by atoms with Gasteiger partial charge >= 0.3 is 0 Å². The van der Waals surface area contributed by atoms with Crippen molar-refractivity contribution in [3.63, 3.8) is 0 Å². The van der Waals surface area contributed by atoms with E-state index in [0.717, 1.165) is 29.5 Å². The van der Waals surface area contributed by atoms with Crippen LogP contribution in [0.5, 0.6) is 0 Å². The lowest BCUT2D eigenvalue weighted by molar-refractivity contribution is 0.0988. The minimum absolute atomic E-state index is 0.0540. The fourth-order valence-electron chi connectivity index (χ4n) is 2.86. The van der Waals surface area contributed by atoms with Gasteiger partial charge in [-0.15, -0.1) is 0 Å². The number of carbonyl (C=O) groups is 1. The standard InChI is InChI=1S/C22H22ClN3O/c1-2-26(20-9-4-3-5-10-20)22(27)18-11-12-21(25-16-18)24-14-13-17-7-6-8-19(23)15-17/h3-12,15-16H,2,13-14H2,1H3,(H,24,25). The minimum atomic E-state index is -0.0540. The van der Waals surface area contributed by atoms with Crippen LogP contribution in [0.3, 0.4) is 0 Å². The van der Waals surface area contributed by atoms with Crippen LogP contribution in [0.1, 0.15) is 22.8 Å². The highest BCUT2D eigenvalue weighted by molar-refractivity contribution is 6.30. The maximum Gasteiger partial charge on any atom is 0.259 e. The topological polar surface area (TPSA) is 45.2 Å². The largest absolute Gasteiger partial charge is 0.370 e. The van der Waals surface area contributed by atoms with Crippen molar-refractivity contribution < 1.29 is 4.79 Å². The summed E-state index contributed by atoms with van der Waals surface area (Å²) in [5.74, 6) is 0.693. The van der Waals surface area contributed by atoms with E-state index in [1.54, 1.807) is 11.1 Å². The van der Waals surface area contributed by atoms with E-state index in [1.165, 1.54) is 5.56 Å². The van der Waals surface area contributed by atoms with Crippen molar-refractivity contribution in [2.45, 2.75) is 13.3 Å². The summed E-state index contributed by atoms with van der Waals surface area (Å²) >= 11 is 6.00. The van der Waals surface area contributed by atoms with Gasteiger partial charge < -0.3 is 10.2 Å². The molecule has 0 saturated carbocycles. The van der Waals surface area contributed by atoms with Gasteiger partial charge in [-0.05, 0) is 55.3 Å². The number of para-hydroxylation sites is 1. The lowest BCUT2D eigenvalue weighted by atomic mass is 10.1. The molecule has 0 aliphatic heterocycles. The lowest BCUT2D eigenvalue weighted by Crippen LogP contribution is -2.30. The van der Waals surface area contributed by atoms with Crippen molar-refractivity contribution in [3.8, 4) is 0 Å². The zero-order valence-corrected chi connectivity index (χ0v) is 16.0. The van der Waals surface area contributed by atoms with Crippen LogP contribution in [0.2, 0.25) is 5.02 Å². The highest BCUT2D eigenvalue weighted by Gasteiger charge is 2.16. The third-order valence-electron chi connectivity index (χ3n) is 4.25. The van der Waals surface area contributed by atoms with E-state index < -0.39 is 0 Å². The Kier molecular flexibility index (Phi) is 6.44. The molecule has 5 heteroatoms. The van der Waals surface area contributed by atoms with Crippen molar-refractivity contribution in [2.75, 3.05) is 23.3 Å². The fraction of sp³-hybridized carbons (Fsp3) is 0.182. The second-order valence-corrected chi connectivity index (χ2v) is 6.56. The van der Waals surface area contributed by atoms with E-state index in [9.17, 15) is 4.79 Å². The molecule has 0 aliphatic carbocycles. The molecule has 138 valence electrons. The third-order valence-corrected chi connectivity index (χ3v) is 4.48. The molecule has 1 heterocycles. The molecule has 3 rings (SSSR count). The first-order chi connectivity index (χ1) is 13.2. The first-order valence-electron chi connectivity index (χ1n) is 8.98. The van der Waals surface area contributed by atoms with E-state index in [2.05, 4.69) is 10.3 Å². The Morgan fingerprint density at radius 2 is 1.89 bits per heavy atom. The number of rotatable bonds is 7. The second kappa shape index (κ2) is 9.19. The Labute approximate surface area is 164 Å². The number of pyridine rings is 1. The number of benzene rings is 2. The van der Waals surface area contributed by atoms with Gasteiger partial charge in [-0.25, -0.2) is 4.98 Å². The molecular formula is C22H22ClN3O. The van der Waals surface area contributed by atoms with Crippen molar-refractivity contribution in [1.29, 1.82) is 0 Å². The van der Waals surface area contributed by atoms with E-state index in [1.807, 2.05) is 73.7 Å². The summed E-state index contributed by atoms with van der Waals surface area (Å²) in [4.78, 5) is 18.9. The average Bonchev–Trinajstić information content (AvgIpc) is 2.70. The van der Waals surface area contributed by atoms with Gasteiger partial charge in [0.25, 0.3) is 5.91 Å². The Bertz CT molecular complexity index is 882. The molecule has 0 radical (unpaired) electrons. The van der Waals surface area contributed by atoms with E-state index >= 15 is 0 Å². The minimum Gasteiger partial charge on any atom is -0.370 e. The molecule has 2 aromatic carbocycles. The number of halogens is 1. The number of hydrogen-bond acceptors (Lipinski definition) is 3. The van der Waals surface area contributed by atoms with Crippen LogP contribution in [0.4, 0.5) is 11.5 Å². The van der Waals surface area contributed by atoms with Crippen LogP contribution in [-0.2, 0) is 6.42 Å². The van der Waals surface area contributed by atoms with Gasteiger partial charge in [-0.1, -0.05) is 41.9 Å². The SMILES string of the molecule is CCN(C(=O)c1ccc(NCCc2cccc(Cl)c2)nc1)c1ccccc1. The van der Waals surface area contributed by atoms with Crippen LogP contribution in [0.15, 0.2) is 72.9 Å². The number of anilines is 2. The predicted octanol–water partition coefficient (Wildman–Crippen LogP) is 5.06. The van der Waals surface area contributed by atoms with Gasteiger partial charge in [-0.3, -0.25) is 4.79 Å². The van der Waals surface area contributed by atoms with Crippen molar-refractivity contribution in [2.24, 2.45) is 0 Å². The van der Waals surface area contributed by atoms with Gasteiger partial charge in [-0.2, -0.15) is 0 Å². The van der Waals surface area contributed by atoms with Gasteiger partial charge in [0.1, 0.15) is 5.82 Å². The Balaban J connectivity index is 1.60. The summed E-state index contributed by atoms with van der Waals surface area (Å²) in [6.45, 7) is 3.30. The molecular weight excluding hydrogens is 358 g/mol. The van der Waals surface area contributed by atoms with Crippen LogP contribution in [0, 0.1) is 0 Å². The average molecular weight is 380 g/mol. The molecule has 1 amide bonds. The Hall–Kier alpha value is -2.85. The summed E-state index contributed by atoms with van der Waals surface area (Å²) in [6.07, 6.45) is 2.47. The fourth-order valence-corrected chi connectivity index (χ4v) is 3.07. The number of hydrogen-bond donors (Lipinski definition) is 1. The smallest absolute Gasteiger partial charge is 0.259 e. The number of amides is 1. The zero-order chi connectivity index (χ0) is 19.1. The van der Waals surface area contributed by atoms with Crippen LogP contribution in [-0.4, -0.2) is 24.0 Å². The molecule has 0 bridgehead atoms. The van der Waals surface area contributed by atoms with Crippen molar-refractivity contribution in [3.05, 3.63) is 89.1 Å². The molecule has 27 heavy (non-hydrogen) atoms. The predicted molar refractivity (Wildman–Crippen MR) is 112 cm³/mol.